The summed E-state index contributed by atoms with van der Waals surface area (Å²) in [6.07, 6.45) is 1.18. The van der Waals surface area contributed by atoms with Crippen molar-refractivity contribution in [2.75, 3.05) is 32.5 Å². The van der Waals surface area contributed by atoms with Gasteiger partial charge in [-0.05, 0) is 64.2 Å². The molecule has 0 bridgehead atoms. The fourth-order valence-electron chi connectivity index (χ4n) is 1.70. The summed E-state index contributed by atoms with van der Waals surface area (Å²) in [5.41, 5.74) is 3.89. The monoisotopic (exact) mass is 206 g/mol. The van der Waals surface area contributed by atoms with Crippen LogP contribution in [0.5, 0.6) is 0 Å². The molecule has 15 heavy (non-hydrogen) atoms. The summed E-state index contributed by atoms with van der Waals surface area (Å²) < 4.78 is 0. The van der Waals surface area contributed by atoms with E-state index in [9.17, 15) is 0 Å². The summed E-state index contributed by atoms with van der Waals surface area (Å²) in [6.45, 7) is 6.45. The summed E-state index contributed by atoms with van der Waals surface area (Å²) in [6, 6.07) is 6.59. The van der Waals surface area contributed by atoms with Crippen LogP contribution in [0.25, 0.3) is 0 Å². The van der Waals surface area contributed by atoms with Crippen molar-refractivity contribution in [1.29, 1.82) is 0 Å². The molecule has 0 radical (unpaired) electrons. The smallest absolute Gasteiger partial charge is 0.0345 e. The van der Waals surface area contributed by atoms with E-state index < -0.39 is 0 Å². The van der Waals surface area contributed by atoms with E-state index in [1.807, 2.05) is 0 Å². The van der Waals surface area contributed by atoms with E-state index >= 15 is 0 Å². The maximum Gasteiger partial charge on any atom is 0.0345 e. The van der Waals surface area contributed by atoms with E-state index in [2.05, 4.69) is 56.4 Å². The molecule has 0 atom stereocenters. The van der Waals surface area contributed by atoms with Crippen molar-refractivity contribution in [1.82, 2.24) is 4.90 Å². The van der Waals surface area contributed by atoms with Crippen LogP contribution >= 0.6 is 0 Å². The Labute approximate surface area is 93.3 Å². The van der Waals surface area contributed by atoms with Gasteiger partial charge < -0.3 is 10.2 Å². The zero-order valence-electron chi connectivity index (χ0n) is 10.3. The number of hydrogen-bond acceptors (Lipinski definition) is 2. The lowest BCUT2D eigenvalue weighted by molar-refractivity contribution is 0.405. The lowest BCUT2D eigenvalue weighted by Gasteiger charge is -2.11. The Morgan fingerprint density at radius 2 is 1.67 bits per heavy atom. The molecule has 0 amide bonds. The van der Waals surface area contributed by atoms with Gasteiger partial charge in [0.25, 0.3) is 0 Å². The highest BCUT2D eigenvalue weighted by Crippen LogP contribution is 2.13. The Morgan fingerprint density at radius 3 is 2.20 bits per heavy atom. The van der Waals surface area contributed by atoms with Crippen molar-refractivity contribution >= 4 is 5.69 Å². The minimum atomic E-state index is 1.04. The summed E-state index contributed by atoms with van der Waals surface area (Å²) in [4.78, 5) is 2.21. The van der Waals surface area contributed by atoms with E-state index in [-0.39, 0.29) is 0 Å². The van der Waals surface area contributed by atoms with Gasteiger partial charge in [0.2, 0.25) is 0 Å². The van der Waals surface area contributed by atoms with Crippen molar-refractivity contribution < 1.29 is 0 Å². The molecule has 0 fully saturated rings. The Morgan fingerprint density at radius 1 is 1.07 bits per heavy atom. The Kier molecular flexibility index (Phi) is 4.63. The number of anilines is 1. The number of rotatable bonds is 5. The van der Waals surface area contributed by atoms with Crippen molar-refractivity contribution in [2.45, 2.75) is 20.3 Å². The molecule has 0 spiro atoms. The lowest BCUT2D eigenvalue weighted by Crippen LogP contribution is -2.16. The largest absolute Gasteiger partial charge is 0.385 e. The third-order valence-corrected chi connectivity index (χ3v) is 2.33. The quantitative estimate of drug-likeness (QED) is 0.745. The van der Waals surface area contributed by atoms with Crippen LogP contribution in [-0.4, -0.2) is 32.1 Å². The maximum absolute atomic E-state index is 3.46. The predicted octanol–water partition coefficient (Wildman–Crippen LogP) is 2.67. The Bertz CT molecular complexity index is 285. The SMILES string of the molecule is Cc1cc(C)cc(NCCCN(C)C)c1. The van der Waals surface area contributed by atoms with Crippen LogP contribution < -0.4 is 5.32 Å². The van der Waals surface area contributed by atoms with Gasteiger partial charge in [-0.15, -0.1) is 0 Å². The van der Waals surface area contributed by atoms with Crippen LogP contribution in [0.2, 0.25) is 0 Å². The molecular weight excluding hydrogens is 184 g/mol. The van der Waals surface area contributed by atoms with Crippen molar-refractivity contribution in [3.8, 4) is 0 Å². The van der Waals surface area contributed by atoms with Gasteiger partial charge in [0.1, 0.15) is 0 Å². The minimum Gasteiger partial charge on any atom is -0.385 e. The average molecular weight is 206 g/mol. The molecule has 1 rings (SSSR count). The van der Waals surface area contributed by atoms with E-state index in [1.165, 1.54) is 23.2 Å². The van der Waals surface area contributed by atoms with E-state index in [1.54, 1.807) is 0 Å². The summed E-state index contributed by atoms with van der Waals surface area (Å²) >= 11 is 0. The van der Waals surface area contributed by atoms with Gasteiger partial charge in [0.05, 0.1) is 0 Å². The van der Waals surface area contributed by atoms with Crippen molar-refractivity contribution in [3.05, 3.63) is 29.3 Å². The standard InChI is InChI=1S/C13H22N2/c1-11-8-12(2)10-13(9-11)14-6-5-7-15(3)4/h8-10,14H,5-7H2,1-4H3. The zero-order chi connectivity index (χ0) is 11.3. The van der Waals surface area contributed by atoms with E-state index in [0.717, 1.165) is 13.1 Å². The maximum atomic E-state index is 3.46. The molecule has 0 aromatic heterocycles. The topological polar surface area (TPSA) is 15.3 Å². The molecule has 0 saturated carbocycles. The molecule has 0 aliphatic heterocycles. The molecule has 2 nitrogen and oxygen atoms in total. The van der Waals surface area contributed by atoms with Crippen LogP contribution in [0.4, 0.5) is 5.69 Å². The number of hydrogen-bond donors (Lipinski definition) is 1. The van der Waals surface area contributed by atoms with E-state index in [0.29, 0.717) is 0 Å². The van der Waals surface area contributed by atoms with Crippen molar-refractivity contribution in [2.24, 2.45) is 0 Å². The fourth-order valence-corrected chi connectivity index (χ4v) is 1.70. The van der Waals surface area contributed by atoms with Crippen LogP contribution in [-0.2, 0) is 0 Å². The Balaban J connectivity index is 2.37. The van der Waals surface area contributed by atoms with Gasteiger partial charge in [-0.3, -0.25) is 0 Å². The fraction of sp³-hybridized carbons (Fsp3) is 0.538. The highest BCUT2D eigenvalue weighted by Gasteiger charge is 1.95. The normalized spacial score (nSPS) is 10.7. The second-order valence-electron chi connectivity index (χ2n) is 4.46. The Hall–Kier alpha value is -1.02. The predicted molar refractivity (Wildman–Crippen MR) is 67.6 cm³/mol. The van der Waals surface area contributed by atoms with Gasteiger partial charge in [-0.1, -0.05) is 6.07 Å². The zero-order valence-corrected chi connectivity index (χ0v) is 10.3. The molecule has 1 N–H and O–H groups in total. The van der Waals surface area contributed by atoms with Crippen LogP contribution in [0.15, 0.2) is 18.2 Å². The number of benzene rings is 1. The minimum absolute atomic E-state index is 1.04. The highest BCUT2D eigenvalue weighted by molar-refractivity contribution is 5.48. The van der Waals surface area contributed by atoms with Crippen LogP contribution in [0.1, 0.15) is 17.5 Å². The molecule has 2 heteroatoms. The van der Waals surface area contributed by atoms with E-state index in [4.69, 9.17) is 0 Å². The van der Waals surface area contributed by atoms with Gasteiger partial charge in [0.15, 0.2) is 0 Å². The molecule has 0 unspecified atom stereocenters. The molecule has 0 aliphatic rings. The highest BCUT2D eigenvalue weighted by atomic mass is 15.1. The molecule has 1 aromatic carbocycles. The van der Waals surface area contributed by atoms with Crippen LogP contribution in [0.3, 0.4) is 0 Å². The third-order valence-electron chi connectivity index (χ3n) is 2.33. The summed E-state index contributed by atoms with van der Waals surface area (Å²) in [5.74, 6) is 0. The molecule has 84 valence electrons. The average Bonchev–Trinajstić information content (AvgIpc) is 2.10. The summed E-state index contributed by atoms with van der Waals surface area (Å²) in [5, 5.41) is 3.46. The summed E-state index contributed by atoms with van der Waals surface area (Å²) in [7, 11) is 4.22. The van der Waals surface area contributed by atoms with Gasteiger partial charge >= 0.3 is 0 Å². The van der Waals surface area contributed by atoms with Crippen molar-refractivity contribution in [3.63, 3.8) is 0 Å². The number of nitrogens with one attached hydrogen (secondary N) is 1. The first-order chi connectivity index (χ1) is 7.08. The van der Waals surface area contributed by atoms with Gasteiger partial charge in [-0.25, -0.2) is 0 Å². The third kappa shape index (κ3) is 4.84. The first kappa shape index (κ1) is 12.1. The second-order valence-corrected chi connectivity index (χ2v) is 4.46. The second kappa shape index (κ2) is 5.76. The molecule has 0 aliphatic carbocycles. The van der Waals surface area contributed by atoms with Crippen LogP contribution in [0, 0.1) is 13.8 Å². The first-order valence-electron chi connectivity index (χ1n) is 5.55. The first-order valence-corrected chi connectivity index (χ1v) is 5.55. The number of aryl methyl sites for hydroxylation is 2. The molecule has 1 aromatic rings. The van der Waals surface area contributed by atoms with Gasteiger partial charge in [0, 0.05) is 12.2 Å². The molecule has 0 saturated heterocycles. The van der Waals surface area contributed by atoms with Gasteiger partial charge in [-0.2, -0.15) is 0 Å². The number of nitrogens with zero attached hydrogens (tertiary/aromatic N) is 1. The molecular formula is C13H22N2. The molecule has 0 heterocycles. The lowest BCUT2D eigenvalue weighted by atomic mass is 10.1.